The second-order valence-corrected chi connectivity index (χ2v) is 23.3. The summed E-state index contributed by atoms with van der Waals surface area (Å²) in [7, 11) is 0. The Morgan fingerprint density at radius 2 is 0.441 bits per heavy atom. The lowest BCUT2D eigenvalue weighted by Gasteiger charge is -2.42. The zero-order chi connectivity index (χ0) is 43.4. The van der Waals surface area contributed by atoms with Crippen LogP contribution >= 0.6 is 0 Å². The highest BCUT2D eigenvalue weighted by molar-refractivity contribution is 4.86. The molecule has 0 heteroatoms. The molecule has 10 aliphatic carbocycles. The van der Waals surface area contributed by atoms with Crippen LogP contribution in [0.3, 0.4) is 0 Å². The zero-order valence-electron chi connectivity index (χ0n) is 43.4. The van der Waals surface area contributed by atoms with Crippen LogP contribution in [-0.4, -0.2) is 0 Å². The van der Waals surface area contributed by atoms with Gasteiger partial charge in [0.05, 0.1) is 0 Å². The quantitative estimate of drug-likeness (QED) is 0.228. The number of hydrogen-bond acceptors (Lipinski definition) is 0. The van der Waals surface area contributed by atoms with Gasteiger partial charge in [0.2, 0.25) is 0 Å². The third kappa shape index (κ3) is 32.3. The summed E-state index contributed by atoms with van der Waals surface area (Å²) < 4.78 is 0. The van der Waals surface area contributed by atoms with Crippen LogP contribution in [0.15, 0.2) is 0 Å². The number of rotatable bonds is 0. The van der Waals surface area contributed by atoms with E-state index in [2.05, 4.69) is 69.2 Å². The summed E-state index contributed by atoms with van der Waals surface area (Å²) in [6, 6.07) is 0. The molecule has 10 aliphatic rings. The third-order valence-electron chi connectivity index (χ3n) is 16.8. The predicted molar refractivity (Wildman–Crippen MR) is 272 cm³/mol. The Morgan fingerprint density at radius 1 is 0.237 bits per heavy atom. The van der Waals surface area contributed by atoms with Gasteiger partial charge in [0.15, 0.2) is 0 Å². The fraction of sp³-hybridized carbons (Fsp3) is 1.00. The average Bonchev–Trinajstić information content (AvgIpc) is 2.86. The van der Waals surface area contributed by atoms with Crippen molar-refractivity contribution in [2.75, 3.05) is 0 Å². The lowest BCUT2D eigenvalue weighted by atomic mass is 9.63. The van der Waals surface area contributed by atoms with Gasteiger partial charge in [0.25, 0.3) is 0 Å². The first-order valence-electron chi connectivity index (χ1n) is 28.5. The maximum absolute atomic E-state index is 2.53. The predicted octanol–water partition coefficient (Wildman–Crippen LogP) is 21.7. The maximum atomic E-state index is 2.53. The molecule has 10 saturated carbocycles. The molecule has 0 nitrogen and oxygen atoms in total. The lowest BCUT2D eigenvalue weighted by molar-refractivity contribution is 0.0703. The van der Waals surface area contributed by atoms with Crippen molar-refractivity contribution in [3.05, 3.63) is 0 Å². The molecular weight excluding hydrogens is 709 g/mol. The highest BCUT2D eigenvalue weighted by Crippen LogP contribution is 2.45. The molecule has 0 bridgehead atoms. The molecule has 0 N–H and O–H groups in total. The highest BCUT2D eigenvalue weighted by atomic mass is 14.4. The summed E-state index contributed by atoms with van der Waals surface area (Å²) in [6.07, 6.45) is 59.6. The maximum Gasteiger partial charge on any atom is -0.0323 e. The van der Waals surface area contributed by atoms with Crippen molar-refractivity contribution in [1.29, 1.82) is 0 Å². The Labute approximate surface area is 377 Å². The van der Waals surface area contributed by atoms with Crippen LogP contribution < -0.4 is 0 Å². The third-order valence-corrected chi connectivity index (χ3v) is 16.8. The summed E-state index contributed by atoms with van der Waals surface area (Å²) in [5.41, 5.74) is 0.454. The van der Waals surface area contributed by atoms with Crippen LogP contribution in [0.2, 0.25) is 0 Å². The van der Waals surface area contributed by atoms with E-state index >= 15 is 0 Å². The molecule has 0 heterocycles. The molecule has 0 radical (unpaired) electrons. The highest BCUT2D eigenvalue weighted by Gasteiger charge is 2.36. The molecular formula is C59H118. The molecule has 8 atom stereocenters. The largest absolute Gasteiger partial charge is 0.0625 e. The molecule has 354 valence electrons. The van der Waals surface area contributed by atoms with Crippen LogP contribution in [0.25, 0.3) is 0 Å². The van der Waals surface area contributed by atoms with Gasteiger partial charge in [0.1, 0.15) is 0 Å². The van der Waals surface area contributed by atoms with E-state index in [-0.39, 0.29) is 0 Å². The van der Waals surface area contributed by atoms with Gasteiger partial charge in [0, 0.05) is 0 Å². The summed E-state index contributed by atoms with van der Waals surface area (Å²) in [4.78, 5) is 0. The van der Waals surface area contributed by atoms with E-state index < -0.39 is 0 Å². The van der Waals surface area contributed by atoms with Crippen LogP contribution in [-0.2, 0) is 0 Å². The Bertz CT molecular complexity index is 668. The van der Waals surface area contributed by atoms with Gasteiger partial charge in [-0.15, -0.1) is 0 Å². The molecule has 0 aromatic carbocycles. The Hall–Kier alpha value is 0. The van der Waals surface area contributed by atoms with Gasteiger partial charge in [-0.2, -0.15) is 0 Å². The topological polar surface area (TPSA) is 0 Å². The minimum Gasteiger partial charge on any atom is -0.0625 e. The Morgan fingerprint density at radius 3 is 0.661 bits per heavy atom. The van der Waals surface area contributed by atoms with Gasteiger partial charge in [-0.05, 0) is 78.4 Å². The molecule has 0 spiro atoms. The van der Waals surface area contributed by atoms with E-state index in [4.69, 9.17) is 0 Å². The smallest absolute Gasteiger partial charge is 0.0323 e. The monoisotopic (exact) mass is 827 g/mol. The summed E-state index contributed by atoms with van der Waals surface area (Å²) in [5, 5.41) is 0. The lowest BCUT2D eigenvalue weighted by Crippen LogP contribution is -2.35. The van der Waals surface area contributed by atoms with Crippen LogP contribution in [0.1, 0.15) is 326 Å². The van der Waals surface area contributed by atoms with Crippen molar-refractivity contribution in [3.63, 3.8) is 0 Å². The van der Waals surface area contributed by atoms with Gasteiger partial charge in [-0.1, -0.05) is 300 Å². The van der Waals surface area contributed by atoms with Crippen LogP contribution in [0.5, 0.6) is 0 Å². The molecule has 0 amide bonds. The SMILES string of the molecule is C1CCC1.C1CCC1.C1CCC1.C1CCC1.C1CCC1.C1CCC1.C1CCC1.C1CCC1.C1CCC1.CC1CC(C)CC(C)C(C)C(C)C(C)C(C)C(C)(C)CC(C)C1. The first-order chi connectivity index (χ1) is 28.5. The molecule has 0 aromatic heterocycles. The van der Waals surface area contributed by atoms with Crippen molar-refractivity contribution < 1.29 is 0 Å². The van der Waals surface area contributed by atoms with Crippen LogP contribution in [0.4, 0.5) is 0 Å². The first-order valence-corrected chi connectivity index (χ1v) is 28.5. The standard InChI is InChI=1S/C23H46.9C4H8/c1-15-11-16(2)13-18(4)19(5)20(6)21(7)22(8)23(9,10)14-17(3)12-15;9*1-2-4-3-1/h15-22H,11-14H2,1-10H3;9*1-4H2. The van der Waals surface area contributed by atoms with E-state index in [0.717, 1.165) is 47.3 Å². The van der Waals surface area contributed by atoms with E-state index in [1.165, 1.54) is 257 Å². The summed E-state index contributed by atoms with van der Waals surface area (Å²) in [6.45, 7) is 25.1. The minimum atomic E-state index is 0.454. The fourth-order valence-electron chi connectivity index (χ4n) is 8.00. The average molecular weight is 828 g/mol. The molecule has 10 fully saturated rings. The molecule has 0 aromatic rings. The van der Waals surface area contributed by atoms with Gasteiger partial charge < -0.3 is 0 Å². The fourth-order valence-corrected chi connectivity index (χ4v) is 8.00. The van der Waals surface area contributed by atoms with Gasteiger partial charge in [-0.3, -0.25) is 0 Å². The van der Waals surface area contributed by atoms with E-state index in [1.807, 2.05) is 0 Å². The normalized spacial score (nSPS) is 33.1. The van der Waals surface area contributed by atoms with Gasteiger partial charge >= 0.3 is 0 Å². The van der Waals surface area contributed by atoms with E-state index in [1.54, 1.807) is 0 Å². The van der Waals surface area contributed by atoms with Crippen molar-refractivity contribution >= 4 is 0 Å². The molecule has 10 rings (SSSR count). The van der Waals surface area contributed by atoms with Crippen molar-refractivity contribution in [3.8, 4) is 0 Å². The molecule has 59 heavy (non-hydrogen) atoms. The Kier molecular flexibility index (Phi) is 37.2. The molecule has 0 saturated heterocycles. The number of hydrogen-bond donors (Lipinski definition) is 0. The van der Waals surface area contributed by atoms with Crippen LogP contribution in [0, 0.1) is 52.8 Å². The Balaban J connectivity index is 0.000000382. The van der Waals surface area contributed by atoms with E-state index in [9.17, 15) is 0 Å². The second kappa shape index (κ2) is 38.5. The van der Waals surface area contributed by atoms with E-state index in [0.29, 0.717) is 5.41 Å². The minimum absolute atomic E-state index is 0.454. The van der Waals surface area contributed by atoms with Gasteiger partial charge in [-0.25, -0.2) is 0 Å². The van der Waals surface area contributed by atoms with Crippen molar-refractivity contribution in [2.24, 2.45) is 52.8 Å². The van der Waals surface area contributed by atoms with Crippen molar-refractivity contribution in [2.45, 2.75) is 326 Å². The first kappa shape index (κ1) is 57.0. The summed E-state index contributed by atoms with van der Waals surface area (Å²) >= 11 is 0. The summed E-state index contributed by atoms with van der Waals surface area (Å²) in [5.74, 6) is 6.72. The second-order valence-electron chi connectivity index (χ2n) is 23.3. The molecule has 0 aliphatic heterocycles. The molecule has 8 unspecified atom stereocenters. The zero-order valence-corrected chi connectivity index (χ0v) is 43.4. The van der Waals surface area contributed by atoms with Crippen molar-refractivity contribution in [1.82, 2.24) is 0 Å².